The van der Waals surface area contributed by atoms with Gasteiger partial charge in [-0.25, -0.2) is 17.7 Å². The fraction of sp³-hybridized carbons (Fsp3) is 0.375. The van der Waals surface area contributed by atoms with Crippen LogP contribution in [0.1, 0.15) is 30.4 Å². The molecular weight excluding hydrogens is 408 g/mol. The van der Waals surface area contributed by atoms with Crippen molar-refractivity contribution in [3.63, 3.8) is 0 Å². The summed E-state index contributed by atoms with van der Waals surface area (Å²) in [5.41, 5.74) is 2.92. The van der Waals surface area contributed by atoms with Crippen LogP contribution >= 0.6 is 0 Å². The van der Waals surface area contributed by atoms with Gasteiger partial charge in [-0.05, 0) is 43.0 Å². The first-order valence-electron chi connectivity index (χ1n) is 10.8. The Hall–Kier alpha value is -2.48. The third kappa shape index (κ3) is 4.74. The van der Waals surface area contributed by atoms with Gasteiger partial charge in [0, 0.05) is 51.2 Å². The first-order chi connectivity index (χ1) is 15.0. The van der Waals surface area contributed by atoms with Crippen molar-refractivity contribution in [2.45, 2.75) is 37.2 Å². The lowest BCUT2D eigenvalue weighted by Crippen LogP contribution is -2.31. The molecule has 0 spiro atoms. The van der Waals surface area contributed by atoms with E-state index < -0.39 is 10.0 Å². The van der Waals surface area contributed by atoms with E-state index in [9.17, 15) is 8.42 Å². The van der Waals surface area contributed by atoms with Crippen LogP contribution in [-0.2, 0) is 23.1 Å². The summed E-state index contributed by atoms with van der Waals surface area (Å²) in [6, 6.07) is 17.6. The van der Waals surface area contributed by atoms with Crippen LogP contribution in [0, 0.1) is 0 Å². The van der Waals surface area contributed by atoms with E-state index in [2.05, 4.69) is 28.4 Å². The van der Waals surface area contributed by atoms with E-state index in [0.717, 1.165) is 40.9 Å². The normalized spacial score (nSPS) is 15.0. The van der Waals surface area contributed by atoms with Crippen LogP contribution in [0.4, 0.5) is 5.82 Å². The second-order valence-corrected chi connectivity index (χ2v) is 10.3. The minimum absolute atomic E-state index is 0.348. The maximum Gasteiger partial charge on any atom is 0.242 e. The van der Waals surface area contributed by atoms with Gasteiger partial charge in [0.1, 0.15) is 5.82 Å². The Morgan fingerprint density at radius 2 is 1.61 bits per heavy atom. The number of nitrogens with zero attached hydrogens (tertiary/aromatic N) is 3. The lowest BCUT2D eigenvalue weighted by molar-refractivity contribution is 0.518. The predicted octanol–water partition coefficient (Wildman–Crippen LogP) is 3.77. The van der Waals surface area contributed by atoms with Gasteiger partial charge < -0.3 is 10.2 Å². The lowest BCUT2D eigenvalue weighted by atomic mass is 10.1. The number of piperidine rings is 1. The molecule has 31 heavy (non-hydrogen) atoms. The summed E-state index contributed by atoms with van der Waals surface area (Å²) in [7, 11) is -0.363. The van der Waals surface area contributed by atoms with Gasteiger partial charge in [-0.1, -0.05) is 36.4 Å². The zero-order valence-electron chi connectivity index (χ0n) is 18.2. The molecule has 1 fully saturated rings. The van der Waals surface area contributed by atoms with E-state index in [4.69, 9.17) is 4.98 Å². The molecule has 0 radical (unpaired) electrons. The lowest BCUT2D eigenvalue weighted by Gasteiger charge is -2.30. The Morgan fingerprint density at radius 3 is 2.39 bits per heavy atom. The number of pyridine rings is 1. The number of hydrogen-bond donors (Lipinski definition) is 1. The number of aromatic nitrogens is 1. The summed E-state index contributed by atoms with van der Waals surface area (Å²) in [5, 5.41) is 4.58. The molecule has 1 aliphatic rings. The van der Waals surface area contributed by atoms with Crippen LogP contribution in [-0.4, -0.2) is 44.9 Å². The zero-order chi connectivity index (χ0) is 21.8. The Bertz CT molecular complexity index is 1160. The number of benzene rings is 2. The number of nitrogens with one attached hydrogen (secondary N) is 1. The molecule has 1 aromatic heterocycles. The monoisotopic (exact) mass is 438 g/mol. The first kappa shape index (κ1) is 21.7. The minimum Gasteiger partial charge on any atom is -0.356 e. The molecule has 0 atom stereocenters. The van der Waals surface area contributed by atoms with Gasteiger partial charge in [-0.2, -0.15) is 0 Å². The molecule has 1 saturated heterocycles. The zero-order valence-corrected chi connectivity index (χ0v) is 19.0. The van der Waals surface area contributed by atoms with Crippen molar-refractivity contribution in [3.8, 4) is 0 Å². The molecule has 3 aromatic rings. The van der Waals surface area contributed by atoms with Crippen molar-refractivity contribution in [3.05, 3.63) is 65.7 Å². The van der Waals surface area contributed by atoms with Crippen LogP contribution in [0.5, 0.6) is 0 Å². The number of hydrogen-bond acceptors (Lipinski definition) is 5. The van der Waals surface area contributed by atoms with E-state index in [1.54, 1.807) is 26.2 Å². The highest BCUT2D eigenvalue weighted by atomic mass is 32.2. The minimum atomic E-state index is -3.48. The molecule has 6 nitrogen and oxygen atoms in total. The highest BCUT2D eigenvalue weighted by Crippen LogP contribution is 2.26. The molecule has 2 aromatic carbocycles. The van der Waals surface area contributed by atoms with E-state index in [-0.39, 0.29) is 0 Å². The number of sulfonamides is 1. The topological polar surface area (TPSA) is 65.5 Å². The average molecular weight is 439 g/mol. The summed E-state index contributed by atoms with van der Waals surface area (Å²) in [4.78, 5) is 7.72. The SMILES string of the molecule is CN(C)S(=O)(=O)c1ccccc1CNCc1cc2ccccc2nc1N1CCCCC1. The molecule has 0 aliphatic carbocycles. The second kappa shape index (κ2) is 9.34. The molecule has 0 unspecified atom stereocenters. The van der Waals surface area contributed by atoms with Crippen molar-refractivity contribution in [1.29, 1.82) is 0 Å². The van der Waals surface area contributed by atoms with Gasteiger partial charge in [0.2, 0.25) is 10.0 Å². The molecule has 0 amide bonds. The van der Waals surface area contributed by atoms with Gasteiger partial charge in [0.15, 0.2) is 0 Å². The van der Waals surface area contributed by atoms with Crippen molar-refractivity contribution in [2.75, 3.05) is 32.1 Å². The maximum atomic E-state index is 12.7. The highest BCUT2D eigenvalue weighted by Gasteiger charge is 2.21. The number of fused-ring (bicyclic) bond motifs is 1. The van der Waals surface area contributed by atoms with Crippen molar-refractivity contribution < 1.29 is 8.42 Å². The van der Waals surface area contributed by atoms with Crippen LogP contribution in [0.25, 0.3) is 10.9 Å². The van der Waals surface area contributed by atoms with Crippen LogP contribution in [0.15, 0.2) is 59.5 Å². The fourth-order valence-corrected chi connectivity index (χ4v) is 5.20. The molecular formula is C24H30N4O2S. The van der Waals surface area contributed by atoms with E-state index >= 15 is 0 Å². The molecule has 4 rings (SSSR count). The molecule has 1 N–H and O–H groups in total. The second-order valence-electron chi connectivity index (χ2n) is 8.21. The van der Waals surface area contributed by atoms with Gasteiger partial charge in [-0.3, -0.25) is 0 Å². The Kier molecular flexibility index (Phi) is 6.55. The number of anilines is 1. The first-order valence-corrected chi connectivity index (χ1v) is 12.3. The largest absolute Gasteiger partial charge is 0.356 e. The van der Waals surface area contributed by atoms with E-state index in [1.807, 2.05) is 24.3 Å². The van der Waals surface area contributed by atoms with Gasteiger partial charge in [0.05, 0.1) is 10.4 Å². The highest BCUT2D eigenvalue weighted by molar-refractivity contribution is 7.89. The number of para-hydroxylation sites is 1. The van der Waals surface area contributed by atoms with Crippen molar-refractivity contribution >= 4 is 26.7 Å². The van der Waals surface area contributed by atoms with Crippen LogP contribution < -0.4 is 10.2 Å². The van der Waals surface area contributed by atoms with Crippen LogP contribution in [0.3, 0.4) is 0 Å². The van der Waals surface area contributed by atoms with Crippen molar-refractivity contribution in [2.24, 2.45) is 0 Å². The third-order valence-corrected chi connectivity index (χ3v) is 7.71. The van der Waals surface area contributed by atoms with Crippen LogP contribution in [0.2, 0.25) is 0 Å². The third-order valence-electron chi connectivity index (χ3n) is 5.80. The molecule has 0 bridgehead atoms. The summed E-state index contributed by atoms with van der Waals surface area (Å²) >= 11 is 0. The maximum absolute atomic E-state index is 12.7. The Balaban J connectivity index is 1.58. The standard InChI is InChI=1S/C24H30N4O2S/c1-27(2)31(29,30)23-13-7-5-11-20(23)17-25-18-21-16-19-10-4-6-12-22(19)26-24(21)28-14-8-3-9-15-28/h4-7,10-13,16,25H,3,8-9,14-15,17-18H2,1-2H3. The molecule has 1 aliphatic heterocycles. The molecule has 164 valence electrons. The summed E-state index contributed by atoms with van der Waals surface area (Å²) in [6.07, 6.45) is 3.66. The van der Waals surface area contributed by atoms with Gasteiger partial charge in [0.25, 0.3) is 0 Å². The van der Waals surface area contributed by atoms with Gasteiger partial charge in [-0.15, -0.1) is 0 Å². The summed E-state index contributed by atoms with van der Waals surface area (Å²) in [6.45, 7) is 3.15. The van der Waals surface area contributed by atoms with Gasteiger partial charge >= 0.3 is 0 Å². The smallest absolute Gasteiger partial charge is 0.242 e. The quantitative estimate of drug-likeness (QED) is 0.608. The summed E-state index contributed by atoms with van der Waals surface area (Å²) < 4.78 is 26.6. The van der Waals surface area contributed by atoms with E-state index in [0.29, 0.717) is 18.0 Å². The molecule has 0 saturated carbocycles. The Morgan fingerprint density at radius 1 is 0.935 bits per heavy atom. The fourth-order valence-electron chi connectivity index (χ4n) is 4.09. The van der Waals surface area contributed by atoms with E-state index in [1.165, 1.54) is 23.6 Å². The molecule has 7 heteroatoms. The summed E-state index contributed by atoms with van der Waals surface area (Å²) in [5.74, 6) is 1.04. The predicted molar refractivity (Wildman–Crippen MR) is 126 cm³/mol. The average Bonchev–Trinajstić information content (AvgIpc) is 2.79. The molecule has 2 heterocycles. The Labute approximate surface area is 184 Å². The van der Waals surface area contributed by atoms with Crippen molar-refractivity contribution in [1.82, 2.24) is 14.6 Å². The number of rotatable bonds is 7.